The number of carbonyl (C=O) groups excluding carboxylic acids is 1. The lowest BCUT2D eigenvalue weighted by atomic mass is 10.0. The van der Waals surface area contributed by atoms with Gasteiger partial charge < -0.3 is 10.2 Å². The summed E-state index contributed by atoms with van der Waals surface area (Å²) >= 11 is 0. The van der Waals surface area contributed by atoms with Gasteiger partial charge in [0.2, 0.25) is 5.91 Å². The second-order valence-electron chi connectivity index (χ2n) is 5.84. The Bertz CT molecular complexity index is 466. The Labute approximate surface area is 115 Å². The zero-order chi connectivity index (χ0) is 13.2. The Morgan fingerprint density at radius 3 is 3.05 bits per heavy atom. The van der Waals surface area contributed by atoms with E-state index in [1.807, 2.05) is 11.0 Å². The fourth-order valence-electron chi connectivity index (χ4n) is 3.35. The normalized spacial score (nSPS) is 25.6. The molecule has 0 aromatic heterocycles. The lowest BCUT2D eigenvalue weighted by Gasteiger charge is -2.23. The van der Waals surface area contributed by atoms with Crippen molar-refractivity contribution >= 4 is 11.6 Å². The van der Waals surface area contributed by atoms with Crippen molar-refractivity contribution in [1.82, 2.24) is 5.32 Å². The number of amides is 1. The zero-order valence-corrected chi connectivity index (χ0v) is 11.6. The molecule has 1 aromatic rings. The first kappa shape index (κ1) is 12.7. The van der Waals surface area contributed by atoms with Crippen LogP contribution in [0.3, 0.4) is 0 Å². The van der Waals surface area contributed by atoms with Crippen LogP contribution in [0.2, 0.25) is 0 Å². The molecule has 1 amide bonds. The van der Waals surface area contributed by atoms with Gasteiger partial charge in [-0.25, -0.2) is 0 Å². The van der Waals surface area contributed by atoms with Gasteiger partial charge in [-0.3, -0.25) is 4.79 Å². The topological polar surface area (TPSA) is 32.3 Å². The van der Waals surface area contributed by atoms with Crippen molar-refractivity contribution in [2.75, 3.05) is 18.0 Å². The van der Waals surface area contributed by atoms with E-state index in [2.05, 4.69) is 30.4 Å². The largest absolute Gasteiger partial charge is 0.316 e. The van der Waals surface area contributed by atoms with Gasteiger partial charge in [-0.15, -0.1) is 0 Å². The minimum Gasteiger partial charge on any atom is -0.316 e. The summed E-state index contributed by atoms with van der Waals surface area (Å²) in [7, 11) is 0. The molecule has 3 nitrogen and oxygen atoms in total. The lowest BCUT2D eigenvalue weighted by molar-refractivity contribution is -0.119. The average molecular weight is 258 g/mol. The Hall–Kier alpha value is -1.35. The zero-order valence-electron chi connectivity index (χ0n) is 11.6. The Balaban J connectivity index is 1.66. The van der Waals surface area contributed by atoms with E-state index in [9.17, 15) is 4.79 Å². The summed E-state index contributed by atoms with van der Waals surface area (Å²) in [5.41, 5.74) is 2.44. The Morgan fingerprint density at radius 2 is 2.26 bits per heavy atom. The number of nitrogens with one attached hydrogen (secondary N) is 1. The third-order valence-corrected chi connectivity index (χ3v) is 4.40. The molecular formula is C16H22N2O. The van der Waals surface area contributed by atoms with Crippen LogP contribution in [-0.4, -0.2) is 25.0 Å². The molecule has 0 spiro atoms. The fourth-order valence-corrected chi connectivity index (χ4v) is 3.35. The number of carbonyl (C=O) groups is 1. The highest BCUT2D eigenvalue weighted by Crippen LogP contribution is 2.32. The van der Waals surface area contributed by atoms with E-state index in [0.29, 0.717) is 24.3 Å². The van der Waals surface area contributed by atoms with E-state index < -0.39 is 0 Å². The fraction of sp³-hybridized carbons (Fsp3) is 0.562. The molecule has 0 radical (unpaired) electrons. The maximum absolute atomic E-state index is 12.5. The number of rotatable bonds is 3. The van der Waals surface area contributed by atoms with Gasteiger partial charge >= 0.3 is 0 Å². The number of benzene rings is 1. The van der Waals surface area contributed by atoms with E-state index in [1.165, 1.54) is 12.0 Å². The van der Waals surface area contributed by atoms with Gasteiger partial charge in [0.05, 0.1) is 0 Å². The molecule has 102 valence electrons. The first-order valence-corrected chi connectivity index (χ1v) is 7.36. The highest BCUT2D eigenvalue weighted by Gasteiger charge is 2.30. The Morgan fingerprint density at radius 1 is 1.42 bits per heavy atom. The molecule has 19 heavy (non-hydrogen) atoms. The third-order valence-electron chi connectivity index (χ3n) is 4.40. The van der Waals surface area contributed by atoms with Gasteiger partial charge in [-0.2, -0.15) is 0 Å². The number of anilines is 1. The maximum atomic E-state index is 12.5. The molecule has 3 heteroatoms. The minimum atomic E-state index is 0.296. The minimum absolute atomic E-state index is 0.296. The molecule has 2 aliphatic heterocycles. The van der Waals surface area contributed by atoms with Crippen LogP contribution in [-0.2, 0) is 11.2 Å². The predicted octanol–water partition coefficient (Wildman–Crippen LogP) is 2.35. The third kappa shape index (κ3) is 2.52. The van der Waals surface area contributed by atoms with Crippen molar-refractivity contribution in [3.63, 3.8) is 0 Å². The van der Waals surface area contributed by atoms with E-state index in [1.54, 1.807) is 0 Å². The summed E-state index contributed by atoms with van der Waals surface area (Å²) in [5, 5.41) is 3.37. The van der Waals surface area contributed by atoms with Gasteiger partial charge in [0, 0.05) is 18.2 Å². The van der Waals surface area contributed by atoms with Crippen molar-refractivity contribution in [3.05, 3.63) is 29.8 Å². The van der Waals surface area contributed by atoms with E-state index in [-0.39, 0.29) is 0 Å². The summed E-state index contributed by atoms with van der Waals surface area (Å²) in [5.74, 6) is 0.987. The summed E-state index contributed by atoms with van der Waals surface area (Å²) in [6.45, 7) is 4.34. The van der Waals surface area contributed by atoms with Crippen molar-refractivity contribution in [2.24, 2.45) is 5.92 Å². The maximum Gasteiger partial charge on any atom is 0.227 e. The van der Waals surface area contributed by atoms with Crippen LogP contribution >= 0.6 is 0 Å². The molecule has 1 aromatic carbocycles. The van der Waals surface area contributed by atoms with Crippen LogP contribution in [0, 0.1) is 5.92 Å². The molecule has 0 bridgehead atoms. The van der Waals surface area contributed by atoms with E-state index in [4.69, 9.17) is 0 Å². The number of para-hydroxylation sites is 1. The van der Waals surface area contributed by atoms with Crippen molar-refractivity contribution in [1.29, 1.82) is 0 Å². The standard InChI is InChI=1S/C16H22N2O/c1-12-10-14-4-2-3-5-15(14)18(12)16(19)7-6-13-8-9-17-11-13/h2-5,12-13,17H,6-11H2,1H3. The number of fused-ring (bicyclic) bond motifs is 1. The summed E-state index contributed by atoms with van der Waals surface area (Å²) in [6, 6.07) is 8.61. The molecule has 1 fully saturated rings. The van der Waals surface area contributed by atoms with Gasteiger partial charge in [0.25, 0.3) is 0 Å². The molecule has 2 heterocycles. The van der Waals surface area contributed by atoms with Crippen LogP contribution in [0.5, 0.6) is 0 Å². The van der Waals surface area contributed by atoms with Crippen molar-refractivity contribution in [3.8, 4) is 0 Å². The molecule has 2 aliphatic rings. The predicted molar refractivity (Wildman–Crippen MR) is 77.3 cm³/mol. The van der Waals surface area contributed by atoms with Crippen LogP contribution in [0.1, 0.15) is 31.7 Å². The van der Waals surface area contributed by atoms with Gasteiger partial charge in [-0.1, -0.05) is 18.2 Å². The average Bonchev–Trinajstić information content (AvgIpc) is 3.02. The molecule has 0 saturated carbocycles. The number of hydrogen-bond acceptors (Lipinski definition) is 2. The molecule has 2 unspecified atom stereocenters. The van der Waals surface area contributed by atoms with E-state index >= 15 is 0 Å². The summed E-state index contributed by atoms with van der Waals surface area (Å²) < 4.78 is 0. The summed E-state index contributed by atoms with van der Waals surface area (Å²) in [6.07, 6.45) is 3.93. The second kappa shape index (κ2) is 5.33. The summed E-state index contributed by atoms with van der Waals surface area (Å²) in [4.78, 5) is 14.5. The Kier molecular flexibility index (Phi) is 3.56. The number of hydrogen-bond donors (Lipinski definition) is 1. The first-order valence-electron chi connectivity index (χ1n) is 7.36. The highest BCUT2D eigenvalue weighted by atomic mass is 16.2. The monoisotopic (exact) mass is 258 g/mol. The molecular weight excluding hydrogens is 236 g/mol. The van der Waals surface area contributed by atoms with Crippen molar-refractivity contribution in [2.45, 2.75) is 38.6 Å². The molecule has 1 saturated heterocycles. The van der Waals surface area contributed by atoms with Crippen LogP contribution < -0.4 is 10.2 Å². The van der Waals surface area contributed by atoms with Gasteiger partial charge in [-0.05, 0) is 56.8 Å². The highest BCUT2D eigenvalue weighted by molar-refractivity contribution is 5.96. The van der Waals surface area contributed by atoms with Gasteiger partial charge in [0.15, 0.2) is 0 Å². The molecule has 1 N–H and O–H groups in total. The quantitative estimate of drug-likeness (QED) is 0.902. The van der Waals surface area contributed by atoms with Crippen LogP contribution in [0.15, 0.2) is 24.3 Å². The van der Waals surface area contributed by atoms with Gasteiger partial charge in [0.1, 0.15) is 0 Å². The number of nitrogens with zero attached hydrogens (tertiary/aromatic N) is 1. The second-order valence-corrected chi connectivity index (χ2v) is 5.84. The van der Waals surface area contributed by atoms with E-state index in [0.717, 1.165) is 31.6 Å². The molecule has 0 aliphatic carbocycles. The van der Waals surface area contributed by atoms with Crippen molar-refractivity contribution < 1.29 is 4.79 Å². The molecule has 3 rings (SSSR count). The SMILES string of the molecule is CC1Cc2ccccc2N1C(=O)CCC1CCNC1. The smallest absolute Gasteiger partial charge is 0.227 e. The lowest BCUT2D eigenvalue weighted by Crippen LogP contribution is -2.35. The molecule has 2 atom stereocenters. The first-order chi connectivity index (χ1) is 9.25. The van der Waals surface area contributed by atoms with Crippen LogP contribution in [0.4, 0.5) is 5.69 Å². The van der Waals surface area contributed by atoms with Crippen LogP contribution in [0.25, 0.3) is 0 Å².